The van der Waals surface area contributed by atoms with Crippen LogP contribution in [-0.4, -0.2) is 19.2 Å². The Hall–Kier alpha value is -1.97. The normalized spacial score (nSPS) is 16.2. The predicted molar refractivity (Wildman–Crippen MR) is 91.4 cm³/mol. The third kappa shape index (κ3) is 3.07. The number of halogens is 2. The summed E-state index contributed by atoms with van der Waals surface area (Å²) in [6.07, 6.45) is 1.84. The third-order valence-electron chi connectivity index (χ3n) is 3.62. The summed E-state index contributed by atoms with van der Waals surface area (Å²) in [4.78, 5) is 11.8. The molecule has 0 aliphatic carbocycles. The fourth-order valence-electron chi connectivity index (χ4n) is 2.59. The average Bonchev–Trinajstić information content (AvgIpc) is 2.55. The number of esters is 1. The van der Waals surface area contributed by atoms with Crippen LogP contribution in [0.1, 0.15) is 28.4 Å². The summed E-state index contributed by atoms with van der Waals surface area (Å²) < 4.78 is 10.6. The van der Waals surface area contributed by atoms with Crippen molar-refractivity contribution in [3.05, 3.63) is 69.2 Å². The van der Waals surface area contributed by atoms with Crippen molar-refractivity contribution in [2.45, 2.75) is 13.0 Å². The van der Waals surface area contributed by atoms with Gasteiger partial charge in [-0.1, -0.05) is 23.2 Å². The van der Waals surface area contributed by atoms with E-state index >= 15 is 0 Å². The summed E-state index contributed by atoms with van der Waals surface area (Å²) in [5.74, 6) is 0.293. The molecule has 0 bridgehead atoms. The summed E-state index contributed by atoms with van der Waals surface area (Å²) in [5.41, 5.74) is 2.93. The molecule has 1 aliphatic rings. The van der Waals surface area contributed by atoms with Crippen molar-refractivity contribution in [2.75, 3.05) is 7.11 Å². The van der Waals surface area contributed by atoms with Gasteiger partial charge in [0.2, 0.25) is 0 Å². The van der Waals surface area contributed by atoms with Crippen molar-refractivity contribution < 1.29 is 14.3 Å². The Balaban J connectivity index is 2.18. The van der Waals surface area contributed by atoms with E-state index in [4.69, 9.17) is 32.7 Å². The molecule has 3 rings (SSSR count). The van der Waals surface area contributed by atoms with Crippen LogP contribution >= 0.6 is 23.2 Å². The topological polar surface area (TPSA) is 35.5 Å². The number of hydrogen-bond acceptors (Lipinski definition) is 3. The van der Waals surface area contributed by atoms with Gasteiger partial charge in [0, 0.05) is 21.2 Å². The third-order valence-corrected chi connectivity index (χ3v) is 4.19. The van der Waals surface area contributed by atoms with Gasteiger partial charge in [-0.15, -0.1) is 0 Å². The molecule has 2 aromatic rings. The van der Waals surface area contributed by atoms with Gasteiger partial charge in [0.05, 0.1) is 12.7 Å². The van der Waals surface area contributed by atoms with Crippen molar-refractivity contribution in [2.24, 2.45) is 0 Å². The first-order chi connectivity index (χ1) is 11.0. The van der Waals surface area contributed by atoms with Gasteiger partial charge in [-0.25, -0.2) is 4.79 Å². The number of fused-ring (bicyclic) bond motifs is 1. The second kappa shape index (κ2) is 6.26. The van der Waals surface area contributed by atoms with Crippen LogP contribution in [0.5, 0.6) is 5.75 Å². The Morgan fingerprint density at radius 2 is 1.91 bits per heavy atom. The highest BCUT2D eigenvalue weighted by atomic mass is 35.5. The Labute approximate surface area is 144 Å². The second-order valence-electron chi connectivity index (χ2n) is 5.23. The quantitative estimate of drug-likeness (QED) is 0.717. The number of carbonyl (C=O) groups excluding carboxylic acids is 1. The molecule has 0 saturated heterocycles. The van der Waals surface area contributed by atoms with Gasteiger partial charge in [0.25, 0.3) is 0 Å². The molecule has 0 radical (unpaired) electrons. The molecular weight excluding hydrogens is 335 g/mol. The molecule has 1 heterocycles. The Morgan fingerprint density at radius 1 is 1.13 bits per heavy atom. The SMILES string of the molecule is COC(=O)c1ccc2c(c1)C(c1cc(Cl)ccc1Cl)=CC(C)O2. The van der Waals surface area contributed by atoms with Gasteiger partial charge < -0.3 is 9.47 Å². The maximum absolute atomic E-state index is 11.8. The van der Waals surface area contributed by atoms with Gasteiger partial charge in [0.1, 0.15) is 11.9 Å². The molecule has 1 atom stereocenters. The number of benzene rings is 2. The molecule has 0 aromatic heterocycles. The van der Waals surface area contributed by atoms with E-state index in [2.05, 4.69) is 0 Å². The molecule has 118 valence electrons. The number of ether oxygens (including phenoxy) is 2. The molecule has 0 amide bonds. The Morgan fingerprint density at radius 3 is 2.65 bits per heavy atom. The van der Waals surface area contributed by atoms with Crippen LogP contribution in [0.3, 0.4) is 0 Å². The van der Waals surface area contributed by atoms with E-state index in [1.54, 1.807) is 30.3 Å². The molecular formula is C18H14Cl2O3. The van der Waals surface area contributed by atoms with Crippen LogP contribution in [0.25, 0.3) is 5.57 Å². The number of rotatable bonds is 2. The summed E-state index contributed by atoms with van der Waals surface area (Å²) in [7, 11) is 1.35. The number of carbonyl (C=O) groups is 1. The minimum absolute atomic E-state index is 0.114. The molecule has 3 nitrogen and oxygen atoms in total. The Kier molecular flexibility index (Phi) is 4.33. The zero-order chi connectivity index (χ0) is 16.6. The minimum atomic E-state index is -0.400. The summed E-state index contributed by atoms with van der Waals surface area (Å²) in [6.45, 7) is 1.94. The van der Waals surface area contributed by atoms with Gasteiger partial charge in [-0.2, -0.15) is 0 Å². The summed E-state index contributed by atoms with van der Waals surface area (Å²) in [5, 5.41) is 1.18. The molecule has 0 fully saturated rings. The van der Waals surface area contributed by atoms with Crippen LogP contribution < -0.4 is 4.74 Å². The van der Waals surface area contributed by atoms with Gasteiger partial charge in [-0.3, -0.25) is 0 Å². The smallest absolute Gasteiger partial charge is 0.337 e. The van der Waals surface area contributed by atoms with Crippen molar-refractivity contribution in [3.8, 4) is 5.75 Å². The highest BCUT2D eigenvalue weighted by Gasteiger charge is 2.22. The monoisotopic (exact) mass is 348 g/mol. The lowest BCUT2D eigenvalue weighted by molar-refractivity contribution is 0.0600. The predicted octanol–water partition coefficient (Wildman–Crippen LogP) is 4.99. The van der Waals surface area contributed by atoms with Gasteiger partial charge in [-0.05, 0) is 55.0 Å². The molecule has 0 N–H and O–H groups in total. The van der Waals surface area contributed by atoms with E-state index in [1.807, 2.05) is 19.1 Å². The summed E-state index contributed by atoms with van der Waals surface area (Å²) >= 11 is 12.5. The first-order valence-electron chi connectivity index (χ1n) is 7.06. The van der Waals surface area contributed by atoms with Crippen molar-refractivity contribution in [3.63, 3.8) is 0 Å². The number of methoxy groups -OCH3 is 1. The zero-order valence-electron chi connectivity index (χ0n) is 12.6. The van der Waals surface area contributed by atoms with Crippen LogP contribution in [-0.2, 0) is 4.74 Å². The van der Waals surface area contributed by atoms with E-state index in [1.165, 1.54) is 7.11 Å². The highest BCUT2D eigenvalue weighted by Crippen LogP contribution is 2.40. The van der Waals surface area contributed by atoms with E-state index in [-0.39, 0.29) is 6.10 Å². The van der Waals surface area contributed by atoms with E-state index in [0.717, 1.165) is 16.7 Å². The standard InChI is InChI=1S/C18H14Cl2O3/c1-10-7-13(14-9-12(19)4-5-16(14)20)15-8-11(18(21)22-2)3-6-17(15)23-10/h3-10H,1-2H3. The lowest BCUT2D eigenvalue weighted by Gasteiger charge is -2.24. The zero-order valence-corrected chi connectivity index (χ0v) is 14.1. The van der Waals surface area contributed by atoms with Gasteiger partial charge >= 0.3 is 5.97 Å². The van der Waals surface area contributed by atoms with Gasteiger partial charge in [0.15, 0.2) is 0 Å². The van der Waals surface area contributed by atoms with E-state index in [0.29, 0.717) is 21.4 Å². The fraction of sp³-hybridized carbons (Fsp3) is 0.167. The lowest BCUT2D eigenvalue weighted by atomic mass is 9.92. The van der Waals surface area contributed by atoms with E-state index < -0.39 is 5.97 Å². The largest absolute Gasteiger partial charge is 0.486 e. The van der Waals surface area contributed by atoms with Crippen molar-refractivity contribution >= 4 is 34.7 Å². The lowest BCUT2D eigenvalue weighted by Crippen LogP contribution is -2.16. The van der Waals surface area contributed by atoms with E-state index in [9.17, 15) is 4.79 Å². The molecule has 0 saturated carbocycles. The fourth-order valence-corrected chi connectivity index (χ4v) is 2.98. The molecule has 2 aromatic carbocycles. The number of hydrogen-bond donors (Lipinski definition) is 0. The molecule has 5 heteroatoms. The molecule has 23 heavy (non-hydrogen) atoms. The van der Waals surface area contributed by atoms with Crippen molar-refractivity contribution in [1.29, 1.82) is 0 Å². The van der Waals surface area contributed by atoms with Crippen LogP contribution in [0.15, 0.2) is 42.5 Å². The first-order valence-corrected chi connectivity index (χ1v) is 7.82. The molecule has 0 spiro atoms. The van der Waals surface area contributed by atoms with Crippen molar-refractivity contribution in [1.82, 2.24) is 0 Å². The minimum Gasteiger partial charge on any atom is -0.486 e. The summed E-state index contributed by atoms with van der Waals surface area (Å²) in [6, 6.07) is 10.5. The van der Waals surface area contributed by atoms with Crippen LogP contribution in [0.2, 0.25) is 10.0 Å². The second-order valence-corrected chi connectivity index (χ2v) is 6.07. The molecule has 1 unspecified atom stereocenters. The van der Waals surface area contributed by atoms with Crippen LogP contribution in [0.4, 0.5) is 0 Å². The first kappa shape index (κ1) is 15.9. The highest BCUT2D eigenvalue weighted by molar-refractivity contribution is 6.34. The molecule has 1 aliphatic heterocycles. The maximum Gasteiger partial charge on any atom is 0.337 e. The van der Waals surface area contributed by atoms with Crippen LogP contribution in [0, 0.1) is 0 Å². The average molecular weight is 349 g/mol. The Bertz CT molecular complexity index is 812. The maximum atomic E-state index is 11.8.